The molecule has 0 bridgehead atoms. The van der Waals surface area contributed by atoms with E-state index in [0.29, 0.717) is 31.8 Å². The molecule has 2 amide bonds. The molecule has 0 aliphatic rings. The lowest BCUT2D eigenvalue weighted by molar-refractivity contribution is -0.140. The Morgan fingerprint density at radius 3 is 2.06 bits per heavy atom. The number of amides is 2. The highest BCUT2D eigenvalue weighted by Gasteiger charge is 2.26. The van der Waals surface area contributed by atoms with Crippen LogP contribution in [0.1, 0.15) is 50.8 Å². The number of nitrogens with one attached hydrogen (secondary N) is 1. The van der Waals surface area contributed by atoms with Crippen LogP contribution in [0.15, 0.2) is 48.5 Å². The van der Waals surface area contributed by atoms with E-state index in [-0.39, 0.29) is 11.8 Å². The molecule has 0 saturated heterocycles. The summed E-state index contributed by atoms with van der Waals surface area (Å²) in [4.78, 5) is 27.6. The predicted octanol–water partition coefficient (Wildman–Crippen LogP) is 4.38. The first-order valence-electron chi connectivity index (χ1n) is 11.1. The molecular weight excluding hydrogens is 388 g/mol. The van der Waals surface area contributed by atoms with Crippen LogP contribution in [0.4, 0.5) is 0 Å². The summed E-state index contributed by atoms with van der Waals surface area (Å²) in [6.45, 7) is 9.00. The van der Waals surface area contributed by atoms with E-state index in [1.807, 2.05) is 24.3 Å². The molecule has 0 unspecified atom stereocenters. The van der Waals surface area contributed by atoms with Crippen molar-refractivity contribution in [2.45, 2.75) is 59.5 Å². The van der Waals surface area contributed by atoms with Gasteiger partial charge in [-0.15, -0.1) is 0 Å². The minimum atomic E-state index is -0.546. The molecular formula is C26H36N2O3. The van der Waals surface area contributed by atoms with Crippen molar-refractivity contribution in [1.82, 2.24) is 10.2 Å². The summed E-state index contributed by atoms with van der Waals surface area (Å²) in [6, 6.07) is 15.4. The van der Waals surface area contributed by atoms with Crippen LogP contribution in [0.3, 0.4) is 0 Å². The maximum atomic E-state index is 13.2. The first-order chi connectivity index (χ1) is 14.8. The second-order valence-electron chi connectivity index (χ2n) is 8.35. The van der Waals surface area contributed by atoms with Gasteiger partial charge in [0.05, 0.1) is 7.11 Å². The Balaban J connectivity index is 2.11. The summed E-state index contributed by atoms with van der Waals surface area (Å²) in [7, 11) is 1.62. The van der Waals surface area contributed by atoms with E-state index < -0.39 is 6.04 Å². The average molecular weight is 425 g/mol. The van der Waals surface area contributed by atoms with Crippen LogP contribution in [0.2, 0.25) is 0 Å². The molecule has 0 spiro atoms. The first kappa shape index (κ1) is 24.4. The summed E-state index contributed by atoms with van der Waals surface area (Å²) in [5.74, 6) is 0.971. The molecule has 5 nitrogen and oxygen atoms in total. The topological polar surface area (TPSA) is 58.6 Å². The van der Waals surface area contributed by atoms with Crippen LogP contribution in [0.5, 0.6) is 5.75 Å². The van der Waals surface area contributed by atoms with Gasteiger partial charge in [0.25, 0.3) is 0 Å². The van der Waals surface area contributed by atoms with Crippen LogP contribution in [-0.2, 0) is 29.0 Å². The number of methoxy groups -OCH3 is 1. The fourth-order valence-corrected chi connectivity index (χ4v) is 3.30. The van der Waals surface area contributed by atoms with Crippen molar-refractivity contribution in [2.24, 2.45) is 5.92 Å². The third kappa shape index (κ3) is 7.74. The zero-order valence-electron chi connectivity index (χ0n) is 19.5. The molecule has 0 saturated carbocycles. The standard InChI is InChI=1S/C26H36N2O3/c1-6-21-7-9-22(10-8-21)13-16-25(29)28(20(4)26(30)27-17-19(2)3)18-23-11-14-24(31-5)15-12-23/h7-12,14-15,19-20H,6,13,16-18H2,1-5H3,(H,27,30)/t20-/m0/s1. The van der Waals surface area contributed by atoms with Gasteiger partial charge >= 0.3 is 0 Å². The van der Waals surface area contributed by atoms with Gasteiger partial charge in [-0.3, -0.25) is 9.59 Å². The highest BCUT2D eigenvalue weighted by molar-refractivity contribution is 5.87. The van der Waals surface area contributed by atoms with Gasteiger partial charge in [-0.1, -0.05) is 57.2 Å². The minimum Gasteiger partial charge on any atom is -0.497 e. The lowest BCUT2D eigenvalue weighted by atomic mass is 10.0. The zero-order chi connectivity index (χ0) is 22.8. The van der Waals surface area contributed by atoms with Crippen molar-refractivity contribution < 1.29 is 14.3 Å². The SMILES string of the molecule is CCc1ccc(CCC(=O)N(Cc2ccc(OC)cc2)[C@@H](C)C(=O)NCC(C)C)cc1. The fourth-order valence-electron chi connectivity index (χ4n) is 3.30. The predicted molar refractivity (Wildman–Crippen MR) is 125 cm³/mol. The zero-order valence-corrected chi connectivity index (χ0v) is 19.5. The number of hydrogen-bond donors (Lipinski definition) is 1. The van der Waals surface area contributed by atoms with E-state index in [1.54, 1.807) is 18.9 Å². The highest BCUT2D eigenvalue weighted by atomic mass is 16.5. The van der Waals surface area contributed by atoms with Crippen LogP contribution in [-0.4, -0.2) is 36.4 Å². The number of ether oxygens (including phenoxy) is 1. The van der Waals surface area contributed by atoms with E-state index in [2.05, 4.69) is 50.4 Å². The largest absolute Gasteiger partial charge is 0.497 e. The third-order valence-corrected chi connectivity index (χ3v) is 5.42. The maximum absolute atomic E-state index is 13.2. The molecule has 0 aliphatic carbocycles. The summed E-state index contributed by atoms with van der Waals surface area (Å²) in [6.07, 6.45) is 2.02. The van der Waals surface area contributed by atoms with Crippen molar-refractivity contribution in [3.63, 3.8) is 0 Å². The normalized spacial score (nSPS) is 11.8. The quantitative estimate of drug-likeness (QED) is 0.582. The number of nitrogens with zero attached hydrogens (tertiary/aromatic N) is 1. The molecule has 2 aromatic carbocycles. The number of hydrogen-bond acceptors (Lipinski definition) is 3. The molecule has 168 valence electrons. The van der Waals surface area contributed by atoms with Crippen molar-refractivity contribution in [2.75, 3.05) is 13.7 Å². The summed E-state index contributed by atoms with van der Waals surface area (Å²) in [5.41, 5.74) is 3.38. The van der Waals surface area contributed by atoms with Crippen LogP contribution >= 0.6 is 0 Å². The molecule has 5 heteroatoms. The van der Waals surface area contributed by atoms with Gasteiger partial charge in [0.1, 0.15) is 11.8 Å². The van der Waals surface area contributed by atoms with Crippen LogP contribution < -0.4 is 10.1 Å². The highest BCUT2D eigenvalue weighted by Crippen LogP contribution is 2.17. The van der Waals surface area contributed by atoms with Crippen molar-refractivity contribution in [3.05, 3.63) is 65.2 Å². The Morgan fingerprint density at radius 2 is 1.52 bits per heavy atom. The Hall–Kier alpha value is -2.82. The van der Waals surface area contributed by atoms with Gasteiger partial charge in [-0.05, 0) is 54.5 Å². The molecule has 2 aromatic rings. The Labute approximate surface area is 186 Å². The van der Waals surface area contributed by atoms with Crippen molar-refractivity contribution in [3.8, 4) is 5.75 Å². The van der Waals surface area contributed by atoms with Gasteiger partial charge in [0, 0.05) is 19.5 Å². The van der Waals surface area contributed by atoms with E-state index in [0.717, 1.165) is 23.3 Å². The first-order valence-corrected chi connectivity index (χ1v) is 11.1. The number of benzene rings is 2. The lowest BCUT2D eigenvalue weighted by Crippen LogP contribution is -2.48. The molecule has 1 N–H and O–H groups in total. The molecule has 1 atom stereocenters. The Kier molecular flexibility index (Phi) is 9.57. The number of carbonyl (C=O) groups is 2. The smallest absolute Gasteiger partial charge is 0.242 e. The van der Waals surface area contributed by atoms with E-state index in [9.17, 15) is 9.59 Å². The van der Waals surface area contributed by atoms with E-state index >= 15 is 0 Å². The molecule has 0 aromatic heterocycles. The monoisotopic (exact) mass is 424 g/mol. The molecule has 0 heterocycles. The summed E-state index contributed by atoms with van der Waals surface area (Å²) in [5, 5.41) is 2.95. The van der Waals surface area contributed by atoms with Gasteiger partial charge in [-0.2, -0.15) is 0 Å². The van der Waals surface area contributed by atoms with E-state index in [1.165, 1.54) is 5.56 Å². The summed E-state index contributed by atoms with van der Waals surface area (Å²) >= 11 is 0. The lowest BCUT2D eigenvalue weighted by Gasteiger charge is -2.29. The molecule has 31 heavy (non-hydrogen) atoms. The molecule has 0 aliphatic heterocycles. The number of rotatable bonds is 11. The number of aryl methyl sites for hydroxylation is 2. The van der Waals surface area contributed by atoms with Gasteiger partial charge < -0.3 is 15.0 Å². The molecule has 0 radical (unpaired) electrons. The van der Waals surface area contributed by atoms with Crippen LogP contribution in [0, 0.1) is 5.92 Å². The minimum absolute atomic E-state index is 0.0254. The Morgan fingerprint density at radius 1 is 0.935 bits per heavy atom. The molecule has 0 fully saturated rings. The van der Waals surface area contributed by atoms with Gasteiger partial charge in [-0.25, -0.2) is 0 Å². The van der Waals surface area contributed by atoms with Crippen LogP contribution in [0.25, 0.3) is 0 Å². The maximum Gasteiger partial charge on any atom is 0.242 e. The second-order valence-corrected chi connectivity index (χ2v) is 8.35. The van der Waals surface area contributed by atoms with E-state index in [4.69, 9.17) is 4.74 Å². The average Bonchev–Trinajstić information content (AvgIpc) is 2.79. The Bertz CT molecular complexity index is 829. The molecule has 2 rings (SSSR count). The summed E-state index contributed by atoms with van der Waals surface area (Å²) < 4.78 is 5.22. The van der Waals surface area contributed by atoms with Crippen molar-refractivity contribution in [1.29, 1.82) is 0 Å². The van der Waals surface area contributed by atoms with Crippen molar-refractivity contribution >= 4 is 11.8 Å². The second kappa shape index (κ2) is 12.1. The van der Waals surface area contributed by atoms with Gasteiger partial charge in [0.2, 0.25) is 11.8 Å². The third-order valence-electron chi connectivity index (χ3n) is 5.42. The fraction of sp³-hybridized carbons (Fsp3) is 0.462. The number of carbonyl (C=O) groups excluding carboxylic acids is 2. The van der Waals surface area contributed by atoms with Gasteiger partial charge in [0.15, 0.2) is 0 Å².